The Balaban J connectivity index is 1.68. The third-order valence-corrected chi connectivity index (χ3v) is 5.15. The molecular weight excluding hydrogens is 338 g/mol. The zero-order valence-electron chi connectivity index (χ0n) is 11.3. The molecule has 1 aromatic rings. The summed E-state index contributed by atoms with van der Waals surface area (Å²) >= 11 is 4.92. The van der Waals surface area contributed by atoms with E-state index in [1.807, 2.05) is 24.3 Å². The van der Waals surface area contributed by atoms with Crippen molar-refractivity contribution in [1.29, 1.82) is 0 Å². The monoisotopic (exact) mass is 357 g/mol. The lowest BCUT2D eigenvalue weighted by atomic mass is 9.86. The number of carbonyl (C=O) groups is 1. The van der Waals surface area contributed by atoms with Gasteiger partial charge in [-0.15, -0.1) is 11.8 Å². The van der Waals surface area contributed by atoms with Gasteiger partial charge in [0.25, 0.3) is 0 Å². The Morgan fingerprint density at radius 1 is 1.30 bits per heavy atom. The largest absolute Gasteiger partial charge is 0.393 e. The van der Waals surface area contributed by atoms with Gasteiger partial charge in [-0.25, -0.2) is 0 Å². The van der Waals surface area contributed by atoms with E-state index in [1.54, 1.807) is 0 Å². The molecule has 2 unspecified atom stereocenters. The molecule has 5 heteroatoms. The van der Waals surface area contributed by atoms with Gasteiger partial charge in [0, 0.05) is 21.8 Å². The number of amides is 1. The van der Waals surface area contributed by atoms with Crippen LogP contribution in [0, 0.1) is 5.92 Å². The zero-order chi connectivity index (χ0) is 14.4. The summed E-state index contributed by atoms with van der Waals surface area (Å²) in [5.41, 5.74) is 0. The maximum absolute atomic E-state index is 11.8. The number of carbonyl (C=O) groups excluding carboxylic acids is 1. The molecule has 2 N–H and O–H groups in total. The fourth-order valence-electron chi connectivity index (χ4n) is 2.40. The van der Waals surface area contributed by atoms with Gasteiger partial charge >= 0.3 is 0 Å². The Bertz CT molecular complexity index is 438. The van der Waals surface area contributed by atoms with Crippen molar-refractivity contribution in [2.45, 2.75) is 36.7 Å². The smallest absolute Gasteiger partial charge is 0.230 e. The minimum absolute atomic E-state index is 0.0377. The number of hydrogen-bond acceptors (Lipinski definition) is 3. The second kappa shape index (κ2) is 8.05. The third-order valence-electron chi connectivity index (χ3n) is 3.61. The number of rotatable bonds is 5. The Labute approximate surface area is 132 Å². The highest BCUT2D eigenvalue weighted by Crippen LogP contribution is 2.24. The van der Waals surface area contributed by atoms with Crippen LogP contribution in [0.4, 0.5) is 0 Å². The molecule has 1 aliphatic rings. The lowest BCUT2D eigenvalue weighted by molar-refractivity contribution is -0.119. The standard InChI is InChI=1S/C15H20BrNO2S/c16-12-5-7-13(8-6-12)20-10-15(19)17-9-11-3-1-2-4-14(11)18/h5-8,11,14,18H,1-4,9-10H2,(H,17,19). The van der Waals surface area contributed by atoms with Gasteiger partial charge in [-0.05, 0) is 37.1 Å². The van der Waals surface area contributed by atoms with Crippen LogP contribution >= 0.6 is 27.7 Å². The van der Waals surface area contributed by atoms with Crippen LogP contribution < -0.4 is 5.32 Å². The summed E-state index contributed by atoms with van der Waals surface area (Å²) in [5, 5.41) is 12.8. The van der Waals surface area contributed by atoms with Crippen LogP contribution in [0.5, 0.6) is 0 Å². The van der Waals surface area contributed by atoms with Gasteiger partial charge in [0.15, 0.2) is 0 Å². The number of halogens is 1. The summed E-state index contributed by atoms with van der Waals surface area (Å²) in [5.74, 6) is 0.686. The molecule has 0 aliphatic heterocycles. The number of aliphatic hydroxyl groups is 1. The van der Waals surface area contributed by atoms with Crippen LogP contribution in [0.2, 0.25) is 0 Å². The summed E-state index contributed by atoms with van der Waals surface area (Å²) in [6.07, 6.45) is 3.90. The molecule has 0 heterocycles. The Morgan fingerprint density at radius 3 is 2.70 bits per heavy atom. The van der Waals surface area contributed by atoms with E-state index in [1.165, 1.54) is 11.8 Å². The van der Waals surface area contributed by atoms with Crippen molar-refractivity contribution in [1.82, 2.24) is 5.32 Å². The molecule has 1 saturated carbocycles. The van der Waals surface area contributed by atoms with Crippen molar-refractivity contribution in [2.24, 2.45) is 5.92 Å². The average Bonchev–Trinajstić information content (AvgIpc) is 2.46. The highest BCUT2D eigenvalue weighted by Gasteiger charge is 2.23. The zero-order valence-corrected chi connectivity index (χ0v) is 13.8. The maximum Gasteiger partial charge on any atom is 0.230 e. The fraction of sp³-hybridized carbons (Fsp3) is 0.533. The molecule has 2 atom stereocenters. The van der Waals surface area contributed by atoms with Crippen molar-refractivity contribution >= 4 is 33.6 Å². The van der Waals surface area contributed by atoms with Crippen LogP contribution in [0.25, 0.3) is 0 Å². The minimum Gasteiger partial charge on any atom is -0.393 e. The van der Waals surface area contributed by atoms with E-state index in [2.05, 4.69) is 21.2 Å². The first-order valence-electron chi connectivity index (χ1n) is 6.98. The number of thioether (sulfide) groups is 1. The predicted octanol–water partition coefficient (Wildman–Crippen LogP) is 3.21. The molecule has 0 bridgehead atoms. The van der Waals surface area contributed by atoms with E-state index in [0.717, 1.165) is 35.1 Å². The highest BCUT2D eigenvalue weighted by molar-refractivity contribution is 9.10. The SMILES string of the molecule is O=C(CSc1ccc(Br)cc1)NCC1CCCCC1O. The van der Waals surface area contributed by atoms with Crippen LogP contribution in [-0.4, -0.2) is 29.4 Å². The molecule has 1 amide bonds. The second-order valence-electron chi connectivity index (χ2n) is 5.16. The summed E-state index contributed by atoms with van der Waals surface area (Å²) < 4.78 is 1.04. The second-order valence-corrected chi connectivity index (χ2v) is 7.12. The molecule has 0 aromatic heterocycles. The summed E-state index contributed by atoms with van der Waals surface area (Å²) in [6.45, 7) is 0.598. The van der Waals surface area contributed by atoms with Crippen molar-refractivity contribution in [3.8, 4) is 0 Å². The summed E-state index contributed by atoms with van der Waals surface area (Å²) in [6, 6.07) is 7.93. The van der Waals surface area contributed by atoms with E-state index < -0.39 is 0 Å². The van der Waals surface area contributed by atoms with Gasteiger partial charge in [0.2, 0.25) is 5.91 Å². The lowest BCUT2D eigenvalue weighted by Gasteiger charge is -2.27. The fourth-order valence-corrected chi connectivity index (χ4v) is 3.39. The van der Waals surface area contributed by atoms with Crippen LogP contribution in [-0.2, 0) is 4.79 Å². The number of aliphatic hydroxyl groups excluding tert-OH is 1. The quantitative estimate of drug-likeness (QED) is 0.795. The first kappa shape index (κ1) is 15.9. The van der Waals surface area contributed by atoms with Crippen LogP contribution in [0.1, 0.15) is 25.7 Å². The highest BCUT2D eigenvalue weighted by atomic mass is 79.9. The first-order valence-corrected chi connectivity index (χ1v) is 8.76. The molecule has 1 aromatic carbocycles. The Morgan fingerprint density at radius 2 is 2.00 bits per heavy atom. The predicted molar refractivity (Wildman–Crippen MR) is 85.8 cm³/mol. The Kier molecular flexibility index (Phi) is 6.39. The maximum atomic E-state index is 11.8. The minimum atomic E-state index is -0.247. The van der Waals surface area contributed by atoms with Crippen molar-refractivity contribution in [3.63, 3.8) is 0 Å². The summed E-state index contributed by atoms with van der Waals surface area (Å²) in [4.78, 5) is 12.9. The molecule has 3 nitrogen and oxygen atoms in total. The molecule has 110 valence electrons. The lowest BCUT2D eigenvalue weighted by Crippen LogP contribution is -2.37. The van der Waals surface area contributed by atoms with E-state index in [-0.39, 0.29) is 17.9 Å². The van der Waals surface area contributed by atoms with Gasteiger partial charge in [-0.2, -0.15) is 0 Å². The van der Waals surface area contributed by atoms with Gasteiger partial charge in [-0.1, -0.05) is 28.8 Å². The number of nitrogens with one attached hydrogen (secondary N) is 1. The Hall–Kier alpha value is -0.520. The van der Waals surface area contributed by atoms with Crippen LogP contribution in [0.15, 0.2) is 33.6 Å². The van der Waals surface area contributed by atoms with E-state index in [4.69, 9.17) is 0 Å². The van der Waals surface area contributed by atoms with Gasteiger partial charge in [0.05, 0.1) is 11.9 Å². The van der Waals surface area contributed by atoms with E-state index in [9.17, 15) is 9.90 Å². The third kappa shape index (κ3) is 5.11. The van der Waals surface area contributed by atoms with Gasteiger partial charge in [-0.3, -0.25) is 4.79 Å². The molecule has 0 saturated heterocycles. The topological polar surface area (TPSA) is 49.3 Å². The number of benzene rings is 1. The normalized spacial score (nSPS) is 22.5. The van der Waals surface area contributed by atoms with E-state index >= 15 is 0 Å². The number of hydrogen-bond donors (Lipinski definition) is 2. The molecule has 2 rings (SSSR count). The van der Waals surface area contributed by atoms with Crippen molar-refractivity contribution < 1.29 is 9.90 Å². The summed E-state index contributed by atoms with van der Waals surface area (Å²) in [7, 11) is 0. The van der Waals surface area contributed by atoms with Crippen LogP contribution in [0.3, 0.4) is 0 Å². The molecule has 20 heavy (non-hydrogen) atoms. The molecule has 0 spiro atoms. The van der Waals surface area contributed by atoms with Gasteiger partial charge in [0.1, 0.15) is 0 Å². The van der Waals surface area contributed by atoms with Gasteiger partial charge < -0.3 is 10.4 Å². The van der Waals surface area contributed by atoms with Crippen molar-refractivity contribution in [3.05, 3.63) is 28.7 Å². The van der Waals surface area contributed by atoms with E-state index in [0.29, 0.717) is 12.3 Å². The molecule has 1 fully saturated rings. The molecular formula is C15H20BrNO2S. The first-order chi connectivity index (χ1) is 9.65. The molecule has 1 aliphatic carbocycles. The molecule has 0 radical (unpaired) electrons. The van der Waals surface area contributed by atoms with Crippen molar-refractivity contribution in [2.75, 3.05) is 12.3 Å². The average molecular weight is 358 g/mol.